The van der Waals surface area contributed by atoms with Gasteiger partial charge in [0.05, 0.1) is 5.75 Å². The molecule has 5 heteroatoms. The summed E-state index contributed by atoms with van der Waals surface area (Å²) in [6, 6.07) is 10.4. The molecule has 0 N–H and O–H groups in total. The minimum Gasteiger partial charge on any atom is -0.221 e. The second kappa shape index (κ2) is 5.49. The Morgan fingerprint density at radius 2 is 1.95 bits per heavy atom. The molecular formula is C14H11ClN2S2. The number of rotatable bonds is 3. The number of aromatic nitrogens is 2. The largest absolute Gasteiger partial charge is 0.221 e. The highest BCUT2D eigenvalue weighted by Crippen LogP contribution is 2.27. The van der Waals surface area contributed by atoms with Crippen molar-refractivity contribution in [2.45, 2.75) is 17.6 Å². The van der Waals surface area contributed by atoms with Crippen molar-refractivity contribution in [1.29, 1.82) is 0 Å². The van der Waals surface area contributed by atoms with Gasteiger partial charge in [0.25, 0.3) is 0 Å². The van der Waals surface area contributed by atoms with Crippen LogP contribution >= 0.6 is 34.7 Å². The van der Waals surface area contributed by atoms with Gasteiger partial charge in [0.1, 0.15) is 15.8 Å². The lowest BCUT2D eigenvalue weighted by molar-refractivity contribution is 1.07. The molecule has 0 fully saturated rings. The van der Waals surface area contributed by atoms with Gasteiger partial charge in [0.2, 0.25) is 0 Å². The Hall–Kier alpha value is -1.10. The first kappa shape index (κ1) is 12.9. The van der Waals surface area contributed by atoms with Gasteiger partial charge in [-0.25, -0.2) is 9.97 Å². The molecule has 0 saturated carbocycles. The van der Waals surface area contributed by atoms with Gasteiger partial charge in [-0.15, -0.1) is 23.1 Å². The van der Waals surface area contributed by atoms with Crippen LogP contribution in [0.4, 0.5) is 0 Å². The van der Waals surface area contributed by atoms with Crippen molar-refractivity contribution in [1.82, 2.24) is 9.97 Å². The highest BCUT2D eigenvalue weighted by molar-refractivity contribution is 7.98. The van der Waals surface area contributed by atoms with Crippen LogP contribution in [0.2, 0.25) is 5.15 Å². The molecule has 96 valence electrons. The normalized spacial score (nSPS) is 11.1. The van der Waals surface area contributed by atoms with E-state index < -0.39 is 0 Å². The van der Waals surface area contributed by atoms with Gasteiger partial charge in [-0.05, 0) is 30.5 Å². The van der Waals surface area contributed by atoms with Gasteiger partial charge in [0, 0.05) is 10.3 Å². The number of benzene rings is 1. The third-order valence-corrected chi connectivity index (χ3v) is 4.82. The van der Waals surface area contributed by atoms with Crippen LogP contribution in [0.15, 0.2) is 40.6 Å². The molecule has 0 aliphatic heterocycles. The lowest BCUT2D eigenvalue weighted by atomic mass is 10.2. The van der Waals surface area contributed by atoms with E-state index in [1.165, 1.54) is 10.5 Å². The molecule has 2 nitrogen and oxygen atoms in total. The van der Waals surface area contributed by atoms with Crippen LogP contribution in [0, 0.1) is 6.92 Å². The van der Waals surface area contributed by atoms with Crippen molar-refractivity contribution in [2.75, 3.05) is 0 Å². The van der Waals surface area contributed by atoms with Crippen LogP contribution in [0.25, 0.3) is 10.2 Å². The van der Waals surface area contributed by atoms with Crippen LogP contribution in [0.5, 0.6) is 0 Å². The van der Waals surface area contributed by atoms with Crippen molar-refractivity contribution in [3.8, 4) is 0 Å². The fourth-order valence-electron chi connectivity index (χ4n) is 1.71. The van der Waals surface area contributed by atoms with Gasteiger partial charge in [-0.2, -0.15) is 0 Å². The maximum Gasteiger partial charge on any atom is 0.142 e. The van der Waals surface area contributed by atoms with E-state index in [1.807, 2.05) is 11.4 Å². The van der Waals surface area contributed by atoms with Crippen LogP contribution in [-0.2, 0) is 5.75 Å². The number of thiophene rings is 1. The molecule has 3 rings (SSSR count). The van der Waals surface area contributed by atoms with E-state index in [4.69, 9.17) is 11.6 Å². The summed E-state index contributed by atoms with van der Waals surface area (Å²) in [5.41, 5.74) is 1.27. The quantitative estimate of drug-likeness (QED) is 0.506. The Labute approximate surface area is 124 Å². The molecule has 1 aromatic carbocycles. The Morgan fingerprint density at radius 3 is 2.74 bits per heavy atom. The van der Waals surface area contributed by atoms with E-state index in [2.05, 4.69) is 41.2 Å². The second-order valence-corrected chi connectivity index (χ2v) is 6.47. The third kappa shape index (κ3) is 2.91. The molecule has 0 atom stereocenters. The molecule has 0 unspecified atom stereocenters. The Kier molecular flexibility index (Phi) is 3.73. The molecular weight excluding hydrogens is 296 g/mol. The van der Waals surface area contributed by atoms with Crippen molar-refractivity contribution in [3.63, 3.8) is 0 Å². The van der Waals surface area contributed by atoms with Gasteiger partial charge < -0.3 is 0 Å². The van der Waals surface area contributed by atoms with Gasteiger partial charge in [-0.1, -0.05) is 29.3 Å². The van der Waals surface area contributed by atoms with E-state index in [1.54, 1.807) is 23.1 Å². The van der Waals surface area contributed by atoms with Crippen LogP contribution in [-0.4, -0.2) is 9.97 Å². The fourth-order valence-corrected chi connectivity index (χ4v) is 3.55. The molecule has 0 aliphatic carbocycles. The molecule has 3 aromatic rings. The molecule has 0 saturated heterocycles. The summed E-state index contributed by atoms with van der Waals surface area (Å²) in [6.45, 7) is 2.09. The zero-order chi connectivity index (χ0) is 13.2. The lowest BCUT2D eigenvalue weighted by Gasteiger charge is -2.02. The standard InChI is InChI=1S/C14H11ClN2S2/c1-9-2-4-10(5-3-9)19-8-12-16-13(15)11-6-7-18-14(11)17-12/h2-7H,8H2,1H3. The first-order valence-corrected chi connectivity index (χ1v) is 8.06. The van der Waals surface area contributed by atoms with E-state index in [-0.39, 0.29) is 0 Å². The summed E-state index contributed by atoms with van der Waals surface area (Å²) in [6.07, 6.45) is 0. The monoisotopic (exact) mass is 306 g/mol. The number of aryl methyl sites for hydroxylation is 1. The highest BCUT2D eigenvalue weighted by atomic mass is 35.5. The van der Waals surface area contributed by atoms with Crippen molar-refractivity contribution in [2.24, 2.45) is 0 Å². The summed E-state index contributed by atoms with van der Waals surface area (Å²) in [4.78, 5) is 11.1. The van der Waals surface area contributed by atoms with Gasteiger partial charge in [-0.3, -0.25) is 0 Å². The zero-order valence-electron chi connectivity index (χ0n) is 10.3. The molecule has 19 heavy (non-hydrogen) atoms. The van der Waals surface area contributed by atoms with Crippen LogP contribution in [0.1, 0.15) is 11.4 Å². The molecule has 0 radical (unpaired) electrons. The van der Waals surface area contributed by atoms with Crippen LogP contribution in [0.3, 0.4) is 0 Å². The third-order valence-electron chi connectivity index (χ3n) is 2.71. The number of halogens is 1. The minimum absolute atomic E-state index is 0.547. The maximum absolute atomic E-state index is 6.15. The number of hydrogen-bond donors (Lipinski definition) is 0. The molecule has 2 heterocycles. The van der Waals surface area contributed by atoms with E-state index in [0.717, 1.165) is 21.8 Å². The second-order valence-electron chi connectivity index (χ2n) is 4.17. The predicted octanol–water partition coefficient (Wildman–Crippen LogP) is 4.95. The lowest BCUT2D eigenvalue weighted by Crippen LogP contribution is -1.92. The van der Waals surface area contributed by atoms with E-state index in [0.29, 0.717) is 5.15 Å². The first-order valence-electron chi connectivity index (χ1n) is 5.81. The summed E-state index contributed by atoms with van der Waals surface area (Å²) in [5, 5.41) is 3.48. The number of thioether (sulfide) groups is 1. The topological polar surface area (TPSA) is 25.8 Å². The fraction of sp³-hybridized carbons (Fsp3) is 0.143. The number of nitrogens with zero attached hydrogens (tertiary/aromatic N) is 2. The average Bonchev–Trinajstić information content (AvgIpc) is 2.87. The van der Waals surface area contributed by atoms with Crippen molar-refractivity contribution < 1.29 is 0 Å². The smallest absolute Gasteiger partial charge is 0.142 e. The Bertz CT molecular complexity index is 707. The molecule has 0 spiro atoms. The zero-order valence-corrected chi connectivity index (χ0v) is 12.6. The average molecular weight is 307 g/mol. The van der Waals surface area contributed by atoms with Crippen molar-refractivity contribution >= 4 is 44.9 Å². The Balaban J connectivity index is 1.79. The van der Waals surface area contributed by atoms with Crippen molar-refractivity contribution in [3.05, 3.63) is 52.3 Å². The molecule has 0 aliphatic rings. The number of fused-ring (bicyclic) bond motifs is 1. The van der Waals surface area contributed by atoms with Gasteiger partial charge >= 0.3 is 0 Å². The summed E-state index contributed by atoms with van der Waals surface area (Å²) >= 11 is 9.47. The molecule has 0 bridgehead atoms. The SMILES string of the molecule is Cc1ccc(SCc2nc(Cl)c3ccsc3n2)cc1. The van der Waals surface area contributed by atoms with Gasteiger partial charge in [0.15, 0.2) is 0 Å². The van der Waals surface area contributed by atoms with E-state index in [9.17, 15) is 0 Å². The summed E-state index contributed by atoms with van der Waals surface area (Å²) in [5.74, 6) is 1.52. The van der Waals surface area contributed by atoms with Crippen LogP contribution < -0.4 is 0 Å². The number of hydrogen-bond acceptors (Lipinski definition) is 4. The summed E-state index contributed by atoms with van der Waals surface area (Å²) < 4.78 is 0. The maximum atomic E-state index is 6.15. The summed E-state index contributed by atoms with van der Waals surface area (Å²) in [7, 11) is 0. The molecule has 0 amide bonds. The minimum atomic E-state index is 0.547. The predicted molar refractivity (Wildman–Crippen MR) is 83.2 cm³/mol. The highest BCUT2D eigenvalue weighted by Gasteiger charge is 2.07. The first-order chi connectivity index (χ1) is 9.22. The Morgan fingerprint density at radius 1 is 1.16 bits per heavy atom. The molecule has 2 aromatic heterocycles. The van der Waals surface area contributed by atoms with E-state index >= 15 is 0 Å².